The number of hydrogen-bond acceptors (Lipinski definition) is 3. The lowest BCUT2D eigenvalue weighted by Gasteiger charge is -1.94. The normalized spacial score (nSPS) is 9.46. The molecule has 0 aliphatic rings. The minimum atomic E-state index is 0.614. The zero-order valence-corrected chi connectivity index (χ0v) is 9.12. The number of nitrogens with two attached hydrogens (primary N) is 1. The summed E-state index contributed by atoms with van der Waals surface area (Å²) in [6, 6.07) is 0. The fourth-order valence-electron chi connectivity index (χ4n) is 0.884. The van der Waals surface area contributed by atoms with E-state index in [2.05, 4.69) is 25.9 Å². The van der Waals surface area contributed by atoms with E-state index in [0.717, 1.165) is 10.3 Å². The van der Waals surface area contributed by atoms with Crippen LogP contribution >= 0.6 is 15.9 Å². The van der Waals surface area contributed by atoms with Gasteiger partial charge in [-0.1, -0.05) is 13.8 Å². The average molecular weight is 243 g/mol. The number of rotatable bonds is 0. The molecule has 13 heavy (non-hydrogen) atoms. The van der Waals surface area contributed by atoms with Crippen LogP contribution in [0.2, 0.25) is 0 Å². The highest BCUT2D eigenvalue weighted by atomic mass is 79.9. The first-order chi connectivity index (χ1) is 6.27. The van der Waals surface area contributed by atoms with Crippen molar-refractivity contribution in [3.8, 4) is 0 Å². The lowest BCUT2D eigenvalue weighted by molar-refractivity contribution is 1.11. The first-order valence-corrected chi connectivity index (χ1v) is 4.81. The van der Waals surface area contributed by atoms with Crippen LogP contribution in [0.3, 0.4) is 0 Å². The molecule has 0 fully saturated rings. The molecule has 0 aliphatic carbocycles. The molecule has 0 aromatic carbocycles. The van der Waals surface area contributed by atoms with Gasteiger partial charge in [0.15, 0.2) is 5.65 Å². The van der Waals surface area contributed by atoms with Crippen LogP contribution in [0.15, 0.2) is 23.2 Å². The topological polar surface area (TPSA) is 56.2 Å². The van der Waals surface area contributed by atoms with Gasteiger partial charge in [-0.15, -0.1) is 0 Å². The van der Waals surface area contributed by atoms with E-state index >= 15 is 0 Å². The van der Waals surface area contributed by atoms with Gasteiger partial charge in [0.05, 0.1) is 12.4 Å². The molecule has 70 valence electrons. The second kappa shape index (κ2) is 4.23. The van der Waals surface area contributed by atoms with E-state index in [-0.39, 0.29) is 0 Å². The van der Waals surface area contributed by atoms with Crippen molar-refractivity contribution in [3.05, 3.63) is 23.2 Å². The summed E-state index contributed by atoms with van der Waals surface area (Å²) in [6.07, 6.45) is 5.03. The number of imidazole rings is 1. The number of aromatic nitrogens is 3. The molecule has 0 saturated carbocycles. The third-order valence-corrected chi connectivity index (χ3v) is 1.80. The van der Waals surface area contributed by atoms with Gasteiger partial charge in [0.25, 0.3) is 0 Å². The molecule has 5 heteroatoms. The first-order valence-electron chi connectivity index (χ1n) is 4.01. The number of fused-ring (bicyclic) bond motifs is 1. The first kappa shape index (κ1) is 9.98. The van der Waals surface area contributed by atoms with Gasteiger partial charge in [-0.2, -0.15) is 0 Å². The van der Waals surface area contributed by atoms with E-state index < -0.39 is 0 Å². The maximum atomic E-state index is 5.60. The Balaban J connectivity index is 0.000000396. The minimum absolute atomic E-state index is 0.614. The van der Waals surface area contributed by atoms with Crippen LogP contribution in [0.4, 0.5) is 5.82 Å². The molecular formula is C8H11BrN4. The van der Waals surface area contributed by atoms with Gasteiger partial charge in [0.1, 0.15) is 10.4 Å². The van der Waals surface area contributed by atoms with Crippen LogP contribution in [0.5, 0.6) is 0 Å². The molecule has 0 bridgehead atoms. The summed E-state index contributed by atoms with van der Waals surface area (Å²) in [5.41, 5.74) is 6.35. The summed E-state index contributed by atoms with van der Waals surface area (Å²) in [4.78, 5) is 8.01. The SMILES string of the molecule is CC.Nc1cnc2cnc(Br)cn12. The maximum absolute atomic E-state index is 5.60. The van der Waals surface area contributed by atoms with Crippen molar-refractivity contribution in [3.63, 3.8) is 0 Å². The highest BCUT2D eigenvalue weighted by molar-refractivity contribution is 9.10. The summed E-state index contributed by atoms with van der Waals surface area (Å²) in [6.45, 7) is 4.00. The summed E-state index contributed by atoms with van der Waals surface area (Å²) < 4.78 is 2.51. The second-order valence-electron chi connectivity index (χ2n) is 2.12. The zero-order chi connectivity index (χ0) is 9.84. The zero-order valence-electron chi connectivity index (χ0n) is 7.53. The minimum Gasteiger partial charge on any atom is -0.383 e. The number of anilines is 1. The number of nitrogen functional groups attached to an aromatic ring is 1. The van der Waals surface area contributed by atoms with Gasteiger partial charge in [-0.3, -0.25) is 4.40 Å². The van der Waals surface area contributed by atoms with Crippen LogP contribution in [-0.2, 0) is 0 Å². The Morgan fingerprint density at radius 3 is 2.69 bits per heavy atom. The highest BCUT2D eigenvalue weighted by Crippen LogP contribution is 2.10. The molecule has 0 amide bonds. The summed E-state index contributed by atoms with van der Waals surface area (Å²) in [5, 5.41) is 0. The molecule has 0 saturated heterocycles. The van der Waals surface area contributed by atoms with E-state index in [1.165, 1.54) is 0 Å². The average Bonchev–Trinajstić information content (AvgIpc) is 2.52. The molecule has 2 rings (SSSR count). The molecule has 2 N–H and O–H groups in total. The molecule has 0 atom stereocenters. The van der Waals surface area contributed by atoms with E-state index in [9.17, 15) is 0 Å². The molecule has 4 nitrogen and oxygen atoms in total. The van der Waals surface area contributed by atoms with E-state index in [1.54, 1.807) is 23.0 Å². The number of halogens is 1. The molecule has 0 aliphatic heterocycles. The number of nitrogens with zero attached hydrogens (tertiary/aromatic N) is 3. The molecule has 0 spiro atoms. The molecule has 0 radical (unpaired) electrons. The van der Waals surface area contributed by atoms with Crippen molar-refractivity contribution in [2.45, 2.75) is 13.8 Å². The monoisotopic (exact) mass is 242 g/mol. The molecule has 2 aromatic rings. The lowest BCUT2D eigenvalue weighted by atomic mass is 10.7. The quantitative estimate of drug-likeness (QED) is 0.770. The second-order valence-corrected chi connectivity index (χ2v) is 2.93. The van der Waals surface area contributed by atoms with Gasteiger partial charge in [-0.25, -0.2) is 9.97 Å². The third kappa shape index (κ3) is 1.98. The third-order valence-electron chi connectivity index (χ3n) is 1.39. The summed E-state index contributed by atoms with van der Waals surface area (Å²) in [7, 11) is 0. The Morgan fingerprint density at radius 2 is 2.00 bits per heavy atom. The molecule has 2 aromatic heterocycles. The van der Waals surface area contributed by atoms with Crippen molar-refractivity contribution < 1.29 is 0 Å². The van der Waals surface area contributed by atoms with E-state index in [4.69, 9.17) is 5.73 Å². The van der Waals surface area contributed by atoms with Crippen LogP contribution < -0.4 is 5.73 Å². The summed E-state index contributed by atoms with van der Waals surface area (Å²) in [5.74, 6) is 0.614. The van der Waals surface area contributed by atoms with Crippen LogP contribution in [0, 0.1) is 0 Å². The lowest BCUT2D eigenvalue weighted by Crippen LogP contribution is -1.92. The van der Waals surface area contributed by atoms with Crippen molar-refractivity contribution in [2.24, 2.45) is 0 Å². The Kier molecular flexibility index (Phi) is 3.25. The Bertz CT molecular complexity index is 396. The van der Waals surface area contributed by atoms with Gasteiger partial charge >= 0.3 is 0 Å². The van der Waals surface area contributed by atoms with E-state index in [0.29, 0.717) is 5.82 Å². The van der Waals surface area contributed by atoms with Gasteiger partial charge in [0.2, 0.25) is 0 Å². The Labute approximate surface area is 84.9 Å². The van der Waals surface area contributed by atoms with Crippen molar-refractivity contribution in [1.82, 2.24) is 14.4 Å². The van der Waals surface area contributed by atoms with Gasteiger partial charge < -0.3 is 5.73 Å². The predicted octanol–water partition coefficient (Wildman–Crippen LogP) is 2.10. The van der Waals surface area contributed by atoms with Crippen molar-refractivity contribution in [2.75, 3.05) is 5.73 Å². The molecular weight excluding hydrogens is 232 g/mol. The fraction of sp³-hybridized carbons (Fsp3) is 0.250. The Morgan fingerprint density at radius 1 is 1.31 bits per heavy atom. The Hall–Kier alpha value is -1.10. The fourth-order valence-corrected chi connectivity index (χ4v) is 1.19. The van der Waals surface area contributed by atoms with Crippen LogP contribution in [0.1, 0.15) is 13.8 Å². The van der Waals surface area contributed by atoms with Gasteiger partial charge in [-0.05, 0) is 15.9 Å². The standard InChI is InChI=1S/C6H5BrN4.C2H6/c7-4-3-11-5(8)1-10-6(11)2-9-4;1-2/h1-3H,8H2;1-2H3. The van der Waals surface area contributed by atoms with Crippen LogP contribution in [-0.4, -0.2) is 14.4 Å². The predicted molar refractivity (Wildman–Crippen MR) is 56.4 cm³/mol. The van der Waals surface area contributed by atoms with Crippen LogP contribution in [0.25, 0.3) is 5.65 Å². The summed E-state index contributed by atoms with van der Waals surface area (Å²) >= 11 is 3.24. The largest absolute Gasteiger partial charge is 0.383 e. The van der Waals surface area contributed by atoms with E-state index in [1.807, 2.05) is 13.8 Å². The molecule has 2 heterocycles. The maximum Gasteiger partial charge on any atom is 0.156 e. The molecule has 0 unspecified atom stereocenters. The number of hydrogen-bond donors (Lipinski definition) is 1. The van der Waals surface area contributed by atoms with Gasteiger partial charge in [0, 0.05) is 6.20 Å². The van der Waals surface area contributed by atoms with Crippen molar-refractivity contribution in [1.29, 1.82) is 0 Å². The highest BCUT2D eigenvalue weighted by Gasteiger charge is 1.98. The van der Waals surface area contributed by atoms with Crippen molar-refractivity contribution >= 4 is 27.4 Å². The smallest absolute Gasteiger partial charge is 0.156 e.